The van der Waals surface area contributed by atoms with Crippen LogP contribution in [0.5, 0.6) is 5.75 Å². The van der Waals surface area contributed by atoms with Gasteiger partial charge in [-0.1, -0.05) is 44.2 Å². The largest absolute Gasteiger partial charge is 0.494 e. The fraction of sp³-hybridized carbons (Fsp3) is 0.517. The van der Waals surface area contributed by atoms with Gasteiger partial charge in [0.15, 0.2) is 0 Å². The SMILES string of the molecule is CCOc1ccc(N(CCCC(=O)N(CCc2ccccc2)[C@@H](CC)C(=O)N[C@@H](C)CC)S(C)(=O)=O)cc1. The van der Waals surface area contributed by atoms with E-state index in [-0.39, 0.29) is 30.8 Å². The van der Waals surface area contributed by atoms with E-state index in [1.165, 1.54) is 4.31 Å². The Balaban J connectivity index is 2.15. The fourth-order valence-electron chi connectivity index (χ4n) is 4.22. The van der Waals surface area contributed by atoms with Crippen LogP contribution in [0.2, 0.25) is 0 Å². The summed E-state index contributed by atoms with van der Waals surface area (Å²) in [6.07, 6.45) is 3.53. The first-order valence-electron chi connectivity index (χ1n) is 13.4. The standard InChI is InChI=1S/C29H43N3O5S/c1-6-23(4)30-29(34)27(7-2)31(22-20-24-13-10-9-11-14-24)28(33)15-12-21-32(38(5,35)36)25-16-18-26(19-17-25)37-8-3/h9-11,13-14,16-19,23,27H,6-8,12,15,20-22H2,1-5H3,(H,30,34)/t23-,27-/m0/s1. The molecule has 2 atom stereocenters. The molecule has 0 aromatic heterocycles. The molecular weight excluding hydrogens is 502 g/mol. The molecule has 210 valence electrons. The molecule has 2 aromatic carbocycles. The van der Waals surface area contributed by atoms with Crippen LogP contribution in [0.4, 0.5) is 5.69 Å². The van der Waals surface area contributed by atoms with E-state index < -0.39 is 16.1 Å². The van der Waals surface area contributed by atoms with Gasteiger partial charge in [0.2, 0.25) is 21.8 Å². The number of nitrogens with one attached hydrogen (secondary N) is 1. The maximum absolute atomic E-state index is 13.5. The molecule has 0 unspecified atom stereocenters. The van der Waals surface area contributed by atoms with E-state index in [2.05, 4.69) is 5.32 Å². The number of amides is 2. The van der Waals surface area contributed by atoms with Crippen LogP contribution in [-0.2, 0) is 26.0 Å². The van der Waals surface area contributed by atoms with Crippen LogP contribution < -0.4 is 14.4 Å². The summed E-state index contributed by atoms with van der Waals surface area (Å²) in [5.41, 5.74) is 1.60. The van der Waals surface area contributed by atoms with Crippen LogP contribution in [0.1, 0.15) is 58.9 Å². The third kappa shape index (κ3) is 9.67. The van der Waals surface area contributed by atoms with Crippen molar-refractivity contribution in [1.29, 1.82) is 0 Å². The monoisotopic (exact) mass is 545 g/mol. The van der Waals surface area contributed by atoms with Crippen LogP contribution in [0.15, 0.2) is 54.6 Å². The summed E-state index contributed by atoms with van der Waals surface area (Å²) < 4.78 is 31.8. The van der Waals surface area contributed by atoms with E-state index in [1.807, 2.05) is 58.0 Å². The molecule has 0 aliphatic carbocycles. The first kappa shape index (κ1) is 31.1. The average Bonchev–Trinajstić information content (AvgIpc) is 2.89. The van der Waals surface area contributed by atoms with Gasteiger partial charge >= 0.3 is 0 Å². The van der Waals surface area contributed by atoms with Gasteiger partial charge in [-0.3, -0.25) is 13.9 Å². The number of rotatable bonds is 16. The molecule has 1 N–H and O–H groups in total. The summed E-state index contributed by atoms with van der Waals surface area (Å²) in [6, 6.07) is 16.1. The Morgan fingerprint density at radius 3 is 2.16 bits per heavy atom. The minimum Gasteiger partial charge on any atom is -0.494 e. The van der Waals surface area contributed by atoms with Crippen molar-refractivity contribution in [1.82, 2.24) is 10.2 Å². The van der Waals surface area contributed by atoms with Gasteiger partial charge in [-0.05, 0) is 69.4 Å². The minimum atomic E-state index is -3.55. The van der Waals surface area contributed by atoms with Crippen LogP contribution >= 0.6 is 0 Å². The lowest BCUT2D eigenvalue weighted by Crippen LogP contribution is -2.51. The minimum absolute atomic E-state index is 0.0139. The van der Waals surface area contributed by atoms with E-state index in [9.17, 15) is 18.0 Å². The molecule has 0 spiro atoms. The maximum Gasteiger partial charge on any atom is 0.243 e. The van der Waals surface area contributed by atoms with Gasteiger partial charge in [-0.25, -0.2) is 8.42 Å². The number of nitrogens with zero attached hydrogens (tertiary/aromatic N) is 2. The molecule has 0 aliphatic heterocycles. The van der Waals surface area contributed by atoms with Gasteiger partial charge in [0.25, 0.3) is 0 Å². The molecule has 0 fully saturated rings. The topological polar surface area (TPSA) is 96.0 Å². The van der Waals surface area contributed by atoms with E-state index in [0.717, 1.165) is 18.2 Å². The lowest BCUT2D eigenvalue weighted by atomic mass is 10.1. The Morgan fingerprint density at radius 2 is 1.61 bits per heavy atom. The van der Waals surface area contributed by atoms with Gasteiger partial charge in [0.05, 0.1) is 18.6 Å². The Morgan fingerprint density at radius 1 is 0.947 bits per heavy atom. The predicted molar refractivity (Wildman–Crippen MR) is 153 cm³/mol. The smallest absolute Gasteiger partial charge is 0.243 e. The van der Waals surface area contributed by atoms with E-state index >= 15 is 0 Å². The Hall–Kier alpha value is -3.07. The number of sulfonamides is 1. The van der Waals surface area contributed by atoms with Gasteiger partial charge in [-0.15, -0.1) is 0 Å². The maximum atomic E-state index is 13.5. The van der Waals surface area contributed by atoms with Crippen molar-refractivity contribution in [3.05, 3.63) is 60.2 Å². The van der Waals surface area contributed by atoms with Crippen molar-refractivity contribution >= 4 is 27.5 Å². The molecule has 2 amide bonds. The summed E-state index contributed by atoms with van der Waals surface area (Å²) in [4.78, 5) is 28.2. The highest BCUT2D eigenvalue weighted by Crippen LogP contribution is 2.22. The van der Waals surface area contributed by atoms with Gasteiger partial charge in [0, 0.05) is 25.6 Å². The van der Waals surface area contributed by atoms with Crippen molar-refractivity contribution in [3.63, 3.8) is 0 Å². The third-order valence-corrected chi connectivity index (χ3v) is 7.65. The Bertz CT molecular complexity index is 1110. The number of hydrogen-bond acceptors (Lipinski definition) is 5. The molecule has 0 aliphatic rings. The predicted octanol–water partition coefficient (Wildman–Crippen LogP) is 4.40. The lowest BCUT2D eigenvalue weighted by molar-refractivity contribution is -0.141. The Kier molecular flexibility index (Phi) is 12.6. The summed E-state index contributed by atoms with van der Waals surface area (Å²) in [5.74, 6) is 0.345. The second-order valence-electron chi connectivity index (χ2n) is 9.43. The molecular formula is C29H43N3O5S. The van der Waals surface area contributed by atoms with Crippen molar-refractivity contribution in [2.45, 2.75) is 71.9 Å². The molecule has 9 heteroatoms. The first-order valence-corrected chi connectivity index (χ1v) is 15.3. The summed E-state index contributed by atoms with van der Waals surface area (Å²) in [6.45, 7) is 8.82. The molecule has 0 radical (unpaired) electrons. The van der Waals surface area contributed by atoms with E-state index in [1.54, 1.807) is 29.2 Å². The zero-order valence-electron chi connectivity index (χ0n) is 23.4. The molecule has 0 bridgehead atoms. The van der Waals surface area contributed by atoms with Crippen LogP contribution in [0.3, 0.4) is 0 Å². The highest BCUT2D eigenvalue weighted by molar-refractivity contribution is 7.92. The molecule has 8 nitrogen and oxygen atoms in total. The van der Waals surface area contributed by atoms with Crippen LogP contribution in [0.25, 0.3) is 0 Å². The summed E-state index contributed by atoms with van der Waals surface area (Å²) >= 11 is 0. The second-order valence-corrected chi connectivity index (χ2v) is 11.3. The van der Waals surface area contributed by atoms with Crippen molar-refractivity contribution in [2.75, 3.05) is 30.3 Å². The highest BCUT2D eigenvalue weighted by Gasteiger charge is 2.29. The van der Waals surface area contributed by atoms with Crippen LogP contribution in [0, 0.1) is 0 Å². The normalized spacial score (nSPS) is 12.9. The number of hydrogen-bond donors (Lipinski definition) is 1. The second kappa shape index (κ2) is 15.4. The van der Waals surface area contributed by atoms with Crippen molar-refractivity contribution in [3.8, 4) is 5.75 Å². The van der Waals surface area contributed by atoms with Crippen molar-refractivity contribution in [2.24, 2.45) is 0 Å². The quantitative estimate of drug-likeness (QED) is 0.337. The molecule has 0 saturated heterocycles. The highest BCUT2D eigenvalue weighted by atomic mass is 32.2. The average molecular weight is 546 g/mol. The van der Waals surface area contributed by atoms with Gasteiger partial charge in [-0.2, -0.15) is 0 Å². The third-order valence-electron chi connectivity index (χ3n) is 6.46. The molecule has 2 aromatic rings. The number of benzene rings is 2. The summed E-state index contributed by atoms with van der Waals surface area (Å²) in [5, 5.41) is 3.01. The van der Waals surface area contributed by atoms with Gasteiger partial charge in [0.1, 0.15) is 11.8 Å². The van der Waals surface area contributed by atoms with Crippen LogP contribution in [-0.4, -0.2) is 63.2 Å². The number of ether oxygens (including phenoxy) is 1. The Labute approximate surface area is 228 Å². The number of carbonyl (C=O) groups excluding carboxylic acids is 2. The zero-order valence-corrected chi connectivity index (χ0v) is 24.2. The number of carbonyl (C=O) groups is 2. The van der Waals surface area contributed by atoms with Crippen molar-refractivity contribution < 1.29 is 22.7 Å². The van der Waals surface area contributed by atoms with E-state index in [0.29, 0.717) is 43.9 Å². The first-order chi connectivity index (χ1) is 18.1. The number of anilines is 1. The molecule has 0 saturated carbocycles. The zero-order chi connectivity index (χ0) is 28.1. The lowest BCUT2D eigenvalue weighted by Gasteiger charge is -2.32. The fourth-order valence-corrected chi connectivity index (χ4v) is 5.18. The molecule has 38 heavy (non-hydrogen) atoms. The molecule has 0 heterocycles. The van der Waals surface area contributed by atoms with Gasteiger partial charge < -0.3 is 15.0 Å². The molecule has 2 rings (SSSR count). The van der Waals surface area contributed by atoms with E-state index in [4.69, 9.17) is 4.74 Å². The summed E-state index contributed by atoms with van der Waals surface area (Å²) in [7, 11) is -3.55.